The Labute approximate surface area is 128 Å². The molecule has 0 fully saturated rings. The highest BCUT2D eigenvalue weighted by atomic mass is 16.3. The SMILES string of the molecule is CN(Cc1ccccc1)C(=O)c1cc(-c2ccco2)nn1C. The molecular weight excluding hydrogens is 278 g/mol. The van der Waals surface area contributed by atoms with Gasteiger partial charge in [-0.25, -0.2) is 0 Å². The summed E-state index contributed by atoms with van der Waals surface area (Å²) in [5, 5.41) is 4.34. The molecule has 0 radical (unpaired) electrons. The van der Waals surface area contributed by atoms with Crippen molar-refractivity contribution in [3.8, 4) is 11.5 Å². The standard InChI is InChI=1S/C17H17N3O2/c1-19(12-13-7-4-3-5-8-13)17(21)15-11-14(18-20(15)2)16-9-6-10-22-16/h3-11H,12H2,1-2H3. The van der Waals surface area contributed by atoms with Crippen molar-refractivity contribution in [2.75, 3.05) is 7.05 Å². The van der Waals surface area contributed by atoms with Gasteiger partial charge in [0.1, 0.15) is 11.4 Å². The summed E-state index contributed by atoms with van der Waals surface area (Å²) < 4.78 is 6.91. The van der Waals surface area contributed by atoms with Crippen molar-refractivity contribution in [1.82, 2.24) is 14.7 Å². The van der Waals surface area contributed by atoms with Crippen LogP contribution in [0.1, 0.15) is 16.1 Å². The zero-order chi connectivity index (χ0) is 15.5. The first-order valence-electron chi connectivity index (χ1n) is 7.02. The van der Waals surface area contributed by atoms with Crippen LogP contribution in [0.5, 0.6) is 0 Å². The number of amides is 1. The fraction of sp³-hybridized carbons (Fsp3) is 0.176. The summed E-state index contributed by atoms with van der Waals surface area (Å²) in [6, 6.07) is 15.3. The number of carbonyl (C=O) groups is 1. The lowest BCUT2D eigenvalue weighted by Crippen LogP contribution is -2.28. The highest BCUT2D eigenvalue weighted by molar-refractivity contribution is 5.93. The molecule has 0 aliphatic carbocycles. The monoisotopic (exact) mass is 295 g/mol. The van der Waals surface area contributed by atoms with Crippen molar-refractivity contribution >= 4 is 5.91 Å². The van der Waals surface area contributed by atoms with E-state index in [0.29, 0.717) is 23.7 Å². The van der Waals surface area contributed by atoms with E-state index >= 15 is 0 Å². The van der Waals surface area contributed by atoms with Crippen LogP contribution in [0, 0.1) is 0 Å². The highest BCUT2D eigenvalue weighted by Crippen LogP contribution is 2.20. The lowest BCUT2D eigenvalue weighted by molar-refractivity contribution is 0.0774. The molecular formula is C17H17N3O2. The van der Waals surface area contributed by atoms with Crippen LogP contribution < -0.4 is 0 Å². The molecule has 3 rings (SSSR count). The van der Waals surface area contributed by atoms with Gasteiger partial charge >= 0.3 is 0 Å². The largest absolute Gasteiger partial charge is 0.463 e. The Balaban J connectivity index is 1.80. The number of hydrogen-bond donors (Lipinski definition) is 0. The molecule has 1 aromatic carbocycles. The van der Waals surface area contributed by atoms with Crippen LogP contribution in [0.15, 0.2) is 59.2 Å². The number of carbonyl (C=O) groups excluding carboxylic acids is 1. The number of furan rings is 1. The maximum absolute atomic E-state index is 12.6. The molecule has 3 aromatic rings. The number of nitrogens with zero attached hydrogens (tertiary/aromatic N) is 3. The molecule has 112 valence electrons. The molecule has 2 aromatic heterocycles. The fourth-order valence-corrected chi connectivity index (χ4v) is 2.34. The Morgan fingerprint density at radius 1 is 1.23 bits per heavy atom. The van der Waals surface area contributed by atoms with E-state index in [0.717, 1.165) is 5.56 Å². The number of benzene rings is 1. The zero-order valence-corrected chi connectivity index (χ0v) is 12.6. The van der Waals surface area contributed by atoms with Crippen LogP contribution in [0.25, 0.3) is 11.5 Å². The van der Waals surface area contributed by atoms with Crippen molar-refractivity contribution in [2.45, 2.75) is 6.54 Å². The van der Waals surface area contributed by atoms with E-state index in [1.807, 2.05) is 36.4 Å². The molecule has 5 nitrogen and oxygen atoms in total. The van der Waals surface area contributed by atoms with Crippen molar-refractivity contribution in [3.63, 3.8) is 0 Å². The lowest BCUT2D eigenvalue weighted by atomic mass is 10.2. The minimum atomic E-state index is -0.0725. The second-order valence-corrected chi connectivity index (χ2v) is 5.16. The van der Waals surface area contributed by atoms with E-state index in [1.54, 1.807) is 42.1 Å². The maximum atomic E-state index is 12.6. The summed E-state index contributed by atoms with van der Waals surface area (Å²) in [4.78, 5) is 14.3. The Kier molecular flexibility index (Phi) is 3.78. The van der Waals surface area contributed by atoms with Crippen LogP contribution in [-0.2, 0) is 13.6 Å². The fourth-order valence-electron chi connectivity index (χ4n) is 2.34. The van der Waals surface area contributed by atoms with Gasteiger partial charge in [0.2, 0.25) is 0 Å². The van der Waals surface area contributed by atoms with Gasteiger partial charge < -0.3 is 9.32 Å². The summed E-state index contributed by atoms with van der Waals surface area (Å²) >= 11 is 0. The normalized spacial score (nSPS) is 10.6. The van der Waals surface area contributed by atoms with E-state index in [9.17, 15) is 4.79 Å². The van der Waals surface area contributed by atoms with Gasteiger partial charge in [0.15, 0.2) is 5.76 Å². The summed E-state index contributed by atoms with van der Waals surface area (Å²) in [6.07, 6.45) is 1.59. The number of aromatic nitrogens is 2. The molecule has 0 unspecified atom stereocenters. The van der Waals surface area contributed by atoms with Gasteiger partial charge in [0.05, 0.1) is 6.26 Å². The molecule has 0 aliphatic heterocycles. The first kappa shape index (κ1) is 14.1. The third-order valence-electron chi connectivity index (χ3n) is 3.48. The topological polar surface area (TPSA) is 51.3 Å². The molecule has 0 N–H and O–H groups in total. The first-order valence-corrected chi connectivity index (χ1v) is 7.02. The van der Waals surface area contributed by atoms with Gasteiger partial charge in [0, 0.05) is 26.7 Å². The second kappa shape index (κ2) is 5.89. The Bertz CT molecular complexity index is 761. The van der Waals surface area contributed by atoms with Crippen molar-refractivity contribution in [3.05, 3.63) is 66.1 Å². The van der Waals surface area contributed by atoms with E-state index in [2.05, 4.69) is 5.10 Å². The zero-order valence-electron chi connectivity index (χ0n) is 12.6. The van der Waals surface area contributed by atoms with E-state index in [-0.39, 0.29) is 5.91 Å². The summed E-state index contributed by atoms with van der Waals surface area (Å²) in [6.45, 7) is 0.556. The minimum Gasteiger partial charge on any atom is -0.463 e. The lowest BCUT2D eigenvalue weighted by Gasteiger charge is -2.17. The first-order chi connectivity index (χ1) is 10.6. The number of rotatable bonds is 4. The van der Waals surface area contributed by atoms with Gasteiger partial charge in [-0.05, 0) is 17.7 Å². The van der Waals surface area contributed by atoms with Gasteiger partial charge in [-0.15, -0.1) is 0 Å². The predicted molar refractivity (Wildman–Crippen MR) is 83.1 cm³/mol. The van der Waals surface area contributed by atoms with Crippen LogP contribution in [-0.4, -0.2) is 27.6 Å². The Morgan fingerprint density at radius 3 is 2.68 bits per heavy atom. The molecule has 0 saturated heterocycles. The molecule has 0 spiro atoms. The third-order valence-corrected chi connectivity index (χ3v) is 3.48. The van der Waals surface area contributed by atoms with Crippen LogP contribution >= 0.6 is 0 Å². The Hall–Kier alpha value is -2.82. The average Bonchev–Trinajstić information content (AvgIpc) is 3.16. The van der Waals surface area contributed by atoms with Crippen LogP contribution in [0.2, 0.25) is 0 Å². The molecule has 0 bridgehead atoms. The van der Waals surface area contributed by atoms with E-state index < -0.39 is 0 Å². The average molecular weight is 295 g/mol. The smallest absolute Gasteiger partial charge is 0.272 e. The maximum Gasteiger partial charge on any atom is 0.272 e. The summed E-state index contributed by atoms with van der Waals surface area (Å²) in [5.74, 6) is 0.581. The molecule has 0 aliphatic rings. The van der Waals surface area contributed by atoms with E-state index in [4.69, 9.17) is 4.42 Å². The number of aryl methyl sites for hydroxylation is 1. The molecule has 0 saturated carbocycles. The Morgan fingerprint density at radius 2 is 2.00 bits per heavy atom. The second-order valence-electron chi connectivity index (χ2n) is 5.16. The molecule has 1 amide bonds. The minimum absolute atomic E-state index is 0.0725. The predicted octanol–water partition coefficient (Wildman–Crippen LogP) is 2.95. The molecule has 22 heavy (non-hydrogen) atoms. The van der Waals surface area contributed by atoms with Gasteiger partial charge in [0.25, 0.3) is 5.91 Å². The van der Waals surface area contributed by atoms with Crippen molar-refractivity contribution < 1.29 is 9.21 Å². The van der Waals surface area contributed by atoms with Gasteiger partial charge in [-0.3, -0.25) is 9.48 Å². The van der Waals surface area contributed by atoms with Crippen molar-refractivity contribution in [2.24, 2.45) is 7.05 Å². The quantitative estimate of drug-likeness (QED) is 0.743. The molecule has 5 heteroatoms. The van der Waals surface area contributed by atoms with Crippen molar-refractivity contribution in [1.29, 1.82) is 0 Å². The highest BCUT2D eigenvalue weighted by Gasteiger charge is 2.19. The van der Waals surface area contributed by atoms with Crippen LogP contribution in [0.4, 0.5) is 0 Å². The summed E-state index contributed by atoms with van der Waals surface area (Å²) in [5.41, 5.74) is 2.28. The van der Waals surface area contributed by atoms with Gasteiger partial charge in [-0.1, -0.05) is 30.3 Å². The van der Waals surface area contributed by atoms with Crippen LogP contribution in [0.3, 0.4) is 0 Å². The number of hydrogen-bond acceptors (Lipinski definition) is 3. The van der Waals surface area contributed by atoms with E-state index in [1.165, 1.54) is 0 Å². The van der Waals surface area contributed by atoms with Gasteiger partial charge in [-0.2, -0.15) is 5.10 Å². The summed E-state index contributed by atoms with van der Waals surface area (Å²) in [7, 11) is 3.55. The third kappa shape index (κ3) is 2.79. The molecule has 0 atom stereocenters. The molecule has 2 heterocycles.